The molecule has 1 aromatic carbocycles. The predicted molar refractivity (Wildman–Crippen MR) is 62.8 cm³/mol. The molecule has 1 aromatic rings. The first-order valence-electron chi connectivity index (χ1n) is 4.12. The van der Waals surface area contributed by atoms with E-state index in [2.05, 4.69) is 0 Å². The number of rotatable bonds is 3. The van der Waals surface area contributed by atoms with Gasteiger partial charge in [-0.1, -0.05) is 0 Å². The summed E-state index contributed by atoms with van der Waals surface area (Å²) in [4.78, 5) is 12.7. The summed E-state index contributed by atoms with van der Waals surface area (Å²) in [6, 6.07) is 7.54. The van der Waals surface area contributed by atoms with Crippen molar-refractivity contribution >= 4 is 26.2 Å². The third-order valence-corrected chi connectivity index (χ3v) is 5.38. The monoisotopic (exact) mass is 308 g/mol. The molecule has 3 nitrogen and oxygen atoms in total. The van der Waals surface area contributed by atoms with Gasteiger partial charge in [0.25, 0.3) is 0 Å². The van der Waals surface area contributed by atoms with Crippen LogP contribution in [0.1, 0.15) is 12.5 Å². The van der Waals surface area contributed by atoms with Crippen LogP contribution >= 0.6 is 20.2 Å². The van der Waals surface area contributed by atoms with E-state index in [1.807, 2.05) is 29.2 Å². The van der Waals surface area contributed by atoms with E-state index in [4.69, 9.17) is 8.17 Å². The molecule has 0 aliphatic heterocycles. The Labute approximate surface area is 91.0 Å². The molecule has 0 saturated carbocycles. The second kappa shape index (κ2) is 5.31. The average Bonchev–Trinajstić information content (AvgIpc) is 2.17. The van der Waals surface area contributed by atoms with Gasteiger partial charge in [-0.05, 0) is 0 Å². The fraction of sp³-hybridized carbons (Fsp3) is 0.300. The van der Waals surface area contributed by atoms with Gasteiger partial charge in [-0.3, -0.25) is 0 Å². The Hall–Kier alpha value is -0.620. The first kappa shape index (κ1) is 11.5. The summed E-state index contributed by atoms with van der Waals surface area (Å²) in [5.74, 6) is -0.219. The molecular formula is C10H13IO3. The molecule has 0 amide bonds. The number of carbonyl (C=O) groups is 1. The second-order valence-corrected chi connectivity index (χ2v) is 6.86. The maximum atomic E-state index is 10.7. The normalized spacial score (nSPS) is 10.9. The zero-order valence-corrected chi connectivity index (χ0v) is 10.3. The van der Waals surface area contributed by atoms with E-state index in [9.17, 15) is 4.79 Å². The second-order valence-electron chi connectivity index (χ2n) is 2.77. The molecule has 4 heteroatoms. The Morgan fingerprint density at radius 3 is 2.43 bits per heavy atom. The molecule has 0 aliphatic rings. The molecule has 1 rings (SSSR count). The summed E-state index contributed by atoms with van der Waals surface area (Å²) in [6.45, 7) is 1.47. The molecular weight excluding hydrogens is 295 g/mol. The third-order valence-electron chi connectivity index (χ3n) is 1.63. The van der Waals surface area contributed by atoms with Gasteiger partial charge >= 0.3 is 91.0 Å². The Balaban J connectivity index is 2.71. The number of aliphatic hydroxyl groups is 1. The van der Waals surface area contributed by atoms with Gasteiger partial charge in [0.1, 0.15) is 0 Å². The molecule has 0 fully saturated rings. The van der Waals surface area contributed by atoms with E-state index < -0.39 is 20.2 Å². The van der Waals surface area contributed by atoms with Gasteiger partial charge in [-0.2, -0.15) is 0 Å². The number of alkyl halides is 1. The first-order chi connectivity index (χ1) is 6.63. The van der Waals surface area contributed by atoms with E-state index in [0.29, 0.717) is 0 Å². The van der Waals surface area contributed by atoms with Crippen LogP contribution in [0, 0.1) is 3.57 Å². The van der Waals surface area contributed by atoms with E-state index >= 15 is 0 Å². The summed E-state index contributed by atoms with van der Waals surface area (Å²) >= 11 is -1.75. The van der Waals surface area contributed by atoms with E-state index in [-0.39, 0.29) is 12.6 Å². The molecule has 0 bridgehead atoms. The van der Waals surface area contributed by atoms with Gasteiger partial charge in [-0.15, -0.1) is 0 Å². The minimum atomic E-state index is -1.75. The molecule has 0 aliphatic carbocycles. The number of benzene rings is 1. The van der Waals surface area contributed by atoms with Crippen LogP contribution in [0.2, 0.25) is 0 Å². The van der Waals surface area contributed by atoms with Crippen molar-refractivity contribution in [2.75, 3.05) is 4.93 Å². The van der Waals surface area contributed by atoms with E-state index in [1.165, 1.54) is 6.92 Å². The van der Waals surface area contributed by atoms with E-state index in [0.717, 1.165) is 9.13 Å². The van der Waals surface area contributed by atoms with Crippen LogP contribution in [0.5, 0.6) is 0 Å². The maximum absolute atomic E-state index is 10.7. The van der Waals surface area contributed by atoms with Crippen LogP contribution in [0.3, 0.4) is 0 Å². The van der Waals surface area contributed by atoms with Crippen molar-refractivity contribution < 1.29 is 13.0 Å². The van der Waals surface area contributed by atoms with Gasteiger partial charge in [0, 0.05) is 0 Å². The van der Waals surface area contributed by atoms with Crippen molar-refractivity contribution in [3.8, 4) is 0 Å². The van der Waals surface area contributed by atoms with Crippen molar-refractivity contribution in [3.05, 3.63) is 33.4 Å². The Kier molecular flexibility index (Phi) is 4.34. The van der Waals surface area contributed by atoms with Crippen LogP contribution in [0.25, 0.3) is 0 Å². The molecule has 0 aromatic heterocycles. The summed E-state index contributed by atoms with van der Waals surface area (Å²) in [5.41, 5.74) is 0.876. The number of aliphatic hydroxyl groups excluding tert-OH is 1. The third kappa shape index (κ3) is 3.26. The van der Waals surface area contributed by atoms with Crippen LogP contribution in [-0.2, 0) is 14.5 Å². The van der Waals surface area contributed by atoms with Crippen molar-refractivity contribution in [2.45, 2.75) is 13.5 Å². The summed E-state index contributed by atoms with van der Waals surface area (Å²) in [6.07, 6.45) is 0. The standard InChI is InChI=1S/C10H13IO3/c1-8(13)14-11(2)10-5-3-9(7-12)4-6-10/h3-6,12H,7H2,1-2H3. The molecule has 0 saturated heterocycles. The zero-order chi connectivity index (χ0) is 10.6. The molecule has 1 N–H and O–H groups in total. The molecule has 0 spiro atoms. The Morgan fingerprint density at radius 2 is 2.00 bits per heavy atom. The zero-order valence-electron chi connectivity index (χ0n) is 8.16. The van der Waals surface area contributed by atoms with Gasteiger partial charge in [0.2, 0.25) is 0 Å². The topological polar surface area (TPSA) is 46.5 Å². The average molecular weight is 308 g/mol. The predicted octanol–water partition coefficient (Wildman–Crippen LogP) is 1.96. The molecule has 78 valence electrons. The molecule has 14 heavy (non-hydrogen) atoms. The molecule has 0 atom stereocenters. The van der Waals surface area contributed by atoms with Crippen molar-refractivity contribution in [2.24, 2.45) is 0 Å². The summed E-state index contributed by atoms with van der Waals surface area (Å²) in [7, 11) is 0. The number of halogens is 1. The number of carbonyl (C=O) groups excluding carboxylic acids is 1. The van der Waals surface area contributed by atoms with E-state index in [1.54, 1.807) is 0 Å². The van der Waals surface area contributed by atoms with Gasteiger partial charge in [0.15, 0.2) is 0 Å². The fourth-order valence-corrected chi connectivity index (χ4v) is 3.53. The first-order valence-corrected chi connectivity index (χ1v) is 8.24. The summed E-state index contributed by atoms with van der Waals surface area (Å²) < 4.78 is 6.25. The quantitative estimate of drug-likeness (QED) is 0.686. The van der Waals surface area contributed by atoms with Crippen molar-refractivity contribution in [1.29, 1.82) is 0 Å². The SMILES string of the molecule is CC(=O)OI(C)c1ccc(CO)cc1. The molecule has 0 radical (unpaired) electrons. The van der Waals surface area contributed by atoms with Crippen LogP contribution in [0.15, 0.2) is 24.3 Å². The minimum absolute atomic E-state index is 0.0474. The molecule has 0 heterocycles. The van der Waals surface area contributed by atoms with Gasteiger partial charge < -0.3 is 0 Å². The Bertz CT molecular complexity index is 308. The van der Waals surface area contributed by atoms with Crippen molar-refractivity contribution in [3.63, 3.8) is 0 Å². The fourth-order valence-electron chi connectivity index (χ4n) is 0.975. The van der Waals surface area contributed by atoms with Crippen molar-refractivity contribution in [1.82, 2.24) is 0 Å². The summed E-state index contributed by atoms with van der Waals surface area (Å²) in [5, 5.41) is 8.84. The molecule has 0 unspecified atom stereocenters. The number of hydrogen-bond acceptors (Lipinski definition) is 3. The van der Waals surface area contributed by atoms with Gasteiger partial charge in [-0.25, -0.2) is 0 Å². The van der Waals surface area contributed by atoms with Crippen LogP contribution in [-0.4, -0.2) is 16.0 Å². The van der Waals surface area contributed by atoms with Crippen LogP contribution in [0.4, 0.5) is 0 Å². The van der Waals surface area contributed by atoms with Crippen LogP contribution < -0.4 is 0 Å². The number of hydrogen-bond donors (Lipinski definition) is 1. The van der Waals surface area contributed by atoms with Gasteiger partial charge in [0.05, 0.1) is 0 Å². The Morgan fingerprint density at radius 1 is 1.43 bits per heavy atom.